The van der Waals surface area contributed by atoms with Crippen molar-refractivity contribution in [2.24, 2.45) is 0 Å². The van der Waals surface area contributed by atoms with Crippen LogP contribution < -0.4 is 10.9 Å². The van der Waals surface area contributed by atoms with E-state index < -0.39 is 0 Å². The Hall–Kier alpha value is -4.17. The SMILES string of the molecule is CC[C@H](NC(=O)c1c(C)n(-c2ccccc2)c(=O)c2c(C#N)cccc12)c1ccccc1. The van der Waals surface area contributed by atoms with E-state index in [1.54, 1.807) is 25.1 Å². The van der Waals surface area contributed by atoms with Gasteiger partial charge in [-0.05, 0) is 37.1 Å². The first-order valence-electron chi connectivity index (χ1n) is 10.6. The van der Waals surface area contributed by atoms with E-state index in [1.807, 2.05) is 67.6 Å². The molecule has 5 heteroatoms. The summed E-state index contributed by atoms with van der Waals surface area (Å²) in [6.45, 7) is 3.78. The number of nitriles is 1. The lowest BCUT2D eigenvalue weighted by Crippen LogP contribution is -2.32. The number of hydrogen-bond donors (Lipinski definition) is 1. The molecular weight excluding hydrogens is 398 g/mol. The number of benzene rings is 3. The number of hydrogen-bond acceptors (Lipinski definition) is 3. The topological polar surface area (TPSA) is 74.9 Å². The number of para-hydroxylation sites is 1. The second-order valence-corrected chi connectivity index (χ2v) is 7.62. The molecule has 0 bridgehead atoms. The zero-order valence-corrected chi connectivity index (χ0v) is 18.0. The zero-order chi connectivity index (χ0) is 22.7. The highest BCUT2D eigenvalue weighted by molar-refractivity contribution is 6.09. The van der Waals surface area contributed by atoms with Crippen LogP contribution in [0.3, 0.4) is 0 Å². The van der Waals surface area contributed by atoms with E-state index in [0.29, 0.717) is 28.8 Å². The minimum atomic E-state index is -0.312. The standard InChI is InChI=1S/C27H23N3O2/c1-3-23(19-11-6-4-7-12-19)29-26(31)24-18(2)30(21-14-8-5-9-15-21)27(32)25-20(17-28)13-10-16-22(24)25/h4-16,23H,3H2,1-2H3,(H,29,31)/t23-/m0/s1. The van der Waals surface area contributed by atoms with Gasteiger partial charge in [-0.3, -0.25) is 14.2 Å². The molecule has 0 saturated heterocycles. The predicted octanol–water partition coefficient (Wildman–Crippen LogP) is 5.05. The summed E-state index contributed by atoms with van der Waals surface area (Å²) in [6.07, 6.45) is 0.717. The molecule has 1 amide bonds. The average molecular weight is 422 g/mol. The molecule has 0 aliphatic rings. The Morgan fingerprint density at radius 2 is 1.66 bits per heavy atom. The minimum Gasteiger partial charge on any atom is -0.345 e. The lowest BCUT2D eigenvalue weighted by atomic mass is 9.98. The maximum atomic E-state index is 13.6. The van der Waals surface area contributed by atoms with E-state index in [-0.39, 0.29) is 28.5 Å². The molecule has 4 aromatic rings. The molecular formula is C27H23N3O2. The van der Waals surface area contributed by atoms with Crippen LogP contribution in [0.2, 0.25) is 0 Å². The molecule has 0 aliphatic carbocycles. The van der Waals surface area contributed by atoms with E-state index in [1.165, 1.54) is 4.57 Å². The van der Waals surface area contributed by atoms with Crippen LogP contribution in [0.25, 0.3) is 16.5 Å². The van der Waals surface area contributed by atoms with E-state index in [4.69, 9.17) is 0 Å². The first kappa shape index (κ1) is 21.1. The van der Waals surface area contributed by atoms with Gasteiger partial charge in [0.15, 0.2) is 0 Å². The Morgan fingerprint density at radius 3 is 2.28 bits per heavy atom. The second kappa shape index (κ2) is 8.91. The fraction of sp³-hybridized carbons (Fsp3) is 0.148. The summed E-state index contributed by atoms with van der Waals surface area (Å²) in [4.78, 5) is 27.1. The number of carbonyl (C=O) groups excluding carboxylic acids is 1. The van der Waals surface area contributed by atoms with Crippen molar-refractivity contribution >= 4 is 16.7 Å². The average Bonchev–Trinajstić information content (AvgIpc) is 2.83. The summed E-state index contributed by atoms with van der Waals surface area (Å²) >= 11 is 0. The van der Waals surface area contributed by atoms with Crippen LogP contribution in [-0.2, 0) is 0 Å². The molecule has 0 spiro atoms. The molecule has 1 aromatic heterocycles. The van der Waals surface area contributed by atoms with E-state index >= 15 is 0 Å². The number of fused-ring (bicyclic) bond motifs is 1. The molecule has 0 fully saturated rings. The molecule has 0 unspecified atom stereocenters. The van der Waals surface area contributed by atoms with Crippen molar-refractivity contribution in [2.75, 3.05) is 0 Å². The monoisotopic (exact) mass is 421 g/mol. The van der Waals surface area contributed by atoms with Crippen LogP contribution in [0, 0.1) is 18.3 Å². The third kappa shape index (κ3) is 3.67. The highest BCUT2D eigenvalue weighted by Crippen LogP contribution is 2.26. The fourth-order valence-electron chi connectivity index (χ4n) is 4.17. The van der Waals surface area contributed by atoms with Crippen LogP contribution >= 0.6 is 0 Å². The van der Waals surface area contributed by atoms with Gasteiger partial charge in [0.2, 0.25) is 0 Å². The number of pyridine rings is 1. The molecule has 32 heavy (non-hydrogen) atoms. The highest BCUT2D eigenvalue weighted by atomic mass is 16.2. The second-order valence-electron chi connectivity index (χ2n) is 7.62. The van der Waals surface area contributed by atoms with Gasteiger partial charge < -0.3 is 5.32 Å². The van der Waals surface area contributed by atoms with Crippen LogP contribution in [0.4, 0.5) is 0 Å². The molecule has 1 N–H and O–H groups in total. The van der Waals surface area contributed by atoms with Gasteiger partial charge >= 0.3 is 0 Å². The summed E-state index contributed by atoms with van der Waals surface area (Å²) in [6, 6.07) is 25.9. The first-order valence-corrected chi connectivity index (χ1v) is 10.6. The van der Waals surface area contributed by atoms with Gasteiger partial charge in [-0.2, -0.15) is 5.26 Å². The van der Waals surface area contributed by atoms with Crippen molar-refractivity contribution < 1.29 is 4.79 Å². The molecule has 3 aromatic carbocycles. The number of aromatic nitrogens is 1. The third-order valence-electron chi connectivity index (χ3n) is 5.73. The Balaban J connectivity index is 1.95. The predicted molar refractivity (Wildman–Crippen MR) is 126 cm³/mol. The van der Waals surface area contributed by atoms with Crippen LogP contribution in [0.15, 0.2) is 83.7 Å². The number of nitrogens with one attached hydrogen (secondary N) is 1. The largest absolute Gasteiger partial charge is 0.345 e. The molecule has 0 radical (unpaired) electrons. The minimum absolute atomic E-state index is 0.172. The van der Waals surface area contributed by atoms with E-state index in [0.717, 1.165) is 5.56 Å². The van der Waals surface area contributed by atoms with Crippen LogP contribution in [0.5, 0.6) is 0 Å². The number of nitrogens with zero attached hydrogens (tertiary/aromatic N) is 2. The van der Waals surface area contributed by atoms with Crippen molar-refractivity contribution in [2.45, 2.75) is 26.3 Å². The van der Waals surface area contributed by atoms with Gasteiger partial charge in [-0.1, -0.05) is 67.6 Å². The lowest BCUT2D eigenvalue weighted by molar-refractivity contribution is 0.0936. The molecule has 158 valence electrons. The molecule has 0 saturated carbocycles. The smallest absolute Gasteiger partial charge is 0.264 e. The Kier molecular flexibility index (Phi) is 5.87. The normalized spacial score (nSPS) is 11.7. The summed E-state index contributed by atoms with van der Waals surface area (Å²) < 4.78 is 1.52. The van der Waals surface area contributed by atoms with Crippen LogP contribution in [-0.4, -0.2) is 10.5 Å². The van der Waals surface area contributed by atoms with E-state index in [2.05, 4.69) is 11.4 Å². The lowest BCUT2D eigenvalue weighted by Gasteiger charge is -2.21. The van der Waals surface area contributed by atoms with Crippen LogP contribution in [0.1, 0.15) is 46.6 Å². The Morgan fingerprint density at radius 1 is 1.00 bits per heavy atom. The fourth-order valence-corrected chi connectivity index (χ4v) is 4.17. The van der Waals surface area contributed by atoms with Crippen molar-refractivity contribution in [1.82, 2.24) is 9.88 Å². The quantitative estimate of drug-likeness (QED) is 0.490. The van der Waals surface area contributed by atoms with Gasteiger partial charge in [0.25, 0.3) is 11.5 Å². The molecule has 4 rings (SSSR count). The molecule has 0 aliphatic heterocycles. The molecule has 1 atom stereocenters. The van der Waals surface area contributed by atoms with Gasteiger partial charge in [0.05, 0.1) is 28.6 Å². The number of amides is 1. The van der Waals surface area contributed by atoms with Gasteiger partial charge in [-0.25, -0.2) is 0 Å². The van der Waals surface area contributed by atoms with Crippen molar-refractivity contribution in [3.8, 4) is 11.8 Å². The number of carbonyl (C=O) groups is 1. The third-order valence-corrected chi connectivity index (χ3v) is 5.73. The van der Waals surface area contributed by atoms with E-state index in [9.17, 15) is 14.9 Å². The first-order chi connectivity index (χ1) is 15.6. The van der Waals surface area contributed by atoms with Gasteiger partial charge in [-0.15, -0.1) is 0 Å². The highest BCUT2D eigenvalue weighted by Gasteiger charge is 2.23. The molecule has 1 heterocycles. The van der Waals surface area contributed by atoms with Gasteiger partial charge in [0, 0.05) is 16.8 Å². The zero-order valence-electron chi connectivity index (χ0n) is 18.0. The van der Waals surface area contributed by atoms with Crippen molar-refractivity contribution in [1.29, 1.82) is 5.26 Å². The summed E-state index contributed by atoms with van der Waals surface area (Å²) in [5, 5.41) is 13.5. The number of rotatable bonds is 5. The maximum absolute atomic E-state index is 13.6. The Labute approximate surface area is 186 Å². The Bertz CT molecular complexity index is 1380. The molecule has 5 nitrogen and oxygen atoms in total. The van der Waals surface area contributed by atoms with Crippen molar-refractivity contribution in [3.05, 3.63) is 112 Å². The van der Waals surface area contributed by atoms with Crippen molar-refractivity contribution in [3.63, 3.8) is 0 Å². The maximum Gasteiger partial charge on any atom is 0.264 e. The van der Waals surface area contributed by atoms with Gasteiger partial charge in [0.1, 0.15) is 0 Å². The summed E-state index contributed by atoms with van der Waals surface area (Å²) in [5.74, 6) is -0.275. The summed E-state index contributed by atoms with van der Waals surface area (Å²) in [5.41, 5.74) is 2.53. The summed E-state index contributed by atoms with van der Waals surface area (Å²) in [7, 11) is 0.